The summed E-state index contributed by atoms with van der Waals surface area (Å²) in [4.78, 5) is 7.59. The van der Waals surface area contributed by atoms with Gasteiger partial charge >= 0.3 is 0 Å². The average molecular weight is 288 g/mol. The molecule has 0 bridgehead atoms. The summed E-state index contributed by atoms with van der Waals surface area (Å²) in [7, 11) is 2.22. The lowest BCUT2D eigenvalue weighted by molar-refractivity contribution is 0.0944. The summed E-state index contributed by atoms with van der Waals surface area (Å²) in [6, 6.07) is 11.4. The Morgan fingerprint density at radius 3 is 2.33 bits per heavy atom. The summed E-state index contributed by atoms with van der Waals surface area (Å²) in [6.07, 6.45) is 1.20. The number of anilines is 1. The summed E-state index contributed by atoms with van der Waals surface area (Å²) in [5.41, 5.74) is 7.72. The number of nitrogens with two attached hydrogens (primary N) is 1. The Morgan fingerprint density at radius 2 is 1.81 bits per heavy atom. The van der Waals surface area contributed by atoms with Crippen LogP contribution in [0.2, 0.25) is 0 Å². The number of nitrogens with zero attached hydrogens (tertiary/aromatic N) is 3. The number of para-hydroxylation sites is 1. The van der Waals surface area contributed by atoms with Crippen molar-refractivity contribution in [1.29, 1.82) is 0 Å². The third-order valence-electron chi connectivity index (χ3n) is 5.42. The van der Waals surface area contributed by atoms with Gasteiger partial charge in [-0.25, -0.2) is 0 Å². The first-order valence-electron chi connectivity index (χ1n) is 8.10. The normalized spacial score (nSPS) is 31.8. The molecular weight excluding hydrogens is 260 g/mol. The maximum absolute atomic E-state index is 6.19. The molecule has 1 aromatic carbocycles. The molecule has 2 heterocycles. The van der Waals surface area contributed by atoms with Gasteiger partial charge in [-0.05, 0) is 32.5 Å². The SMILES string of the molecule is CC1CC(CN)(N2CCN(c3ccccc3)CC2)CN1C. The van der Waals surface area contributed by atoms with Crippen LogP contribution in [0.5, 0.6) is 0 Å². The number of likely N-dealkylation sites (N-methyl/N-ethyl adjacent to an activating group) is 1. The van der Waals surface area contributed by atoms with Crippen LogP contribution >= 0.6 is 0 Å². The van der Waals surface area contributed by atoms with E-state index >= 15 is 0 Å². The molecule has 2 fully saturated rings. The molecule has 0 radical (unpaired) electrons. The van der Waals surface area contributed by atoms with Gasteiger partial charge in [0.2, 0.25) is 0 Å². The molecule has 2 saturated heterocycles. The van der Waals surface area contributed by atoms with Crippen molar-refractivity contribution in [2.75, 3.05) is 51.2 Å². The van der Waals surface area contributed by atoms with Gasteiger partial charge in [-0.3, -0.25) is 4.90 Å². The number of hydrogen-bond donors (Lipinski definition) is 1. The lowest BCUT2D eigenvalue weighted by atomic mass is 9.93. The van der Waals surface area contributed by atoms with E-state index in [0.717, 1.165) is 39.3 Å². The zero-order valence-corrected chi connectivity index (χ0v) is 13.3. The fraction of sp³-hybridized carbons (Fsp3) is 0.647. The number of benzene rings is 1. The summed E-state index contributed by atoms with van der Waals surface area (Å²) >= 11 is 0. The van der Waals surface area contributed by atoms with Crippen molar-refractivity contribution in [2.45, 2.75) is 24.9 Å². The Hall–Kier alpha value is -1.10. The van der Waals surface area contributed by atoms with Gasteiger partial charge in [0.15, 0.2) is 0 Å². The van der Waals surface area contributed by atoms with Crippen LogP contribution in [0.1, 0.15) is 13.3 Å². The molecule has 0 amide bonds. The molecule has 2 aliphatic rings. The fourth-order valence-corrected chi connectivity index (χ4v) is 3.97. The molecule has 2 aliphatic heterocycles. The molecule has 0 aromatic heterocycles. The molecule has 1 aromatic rings. The number of rotatable bonds is 3. The second-order valence-corrected chi connectivity index (χ2v) is 6.71. The van der Waals surface area contributed by atoms with E-state index in [2.05, 4.69) is 59.0 Å². The molecule has 4 heteroatoms. The Labute approximate surface area is 128 Å². The average Bonchev–Trinajstić information content (AvgIpc) is 2.84. The minimum absolute atomic E-state index is 0.191. The molecule has 2 unspecified atom stereocenters. The Balaban J connectivity index is 1.65. The van der Waals surface area contributed by atoms with E-state index in [9.17, 15) is 0 Å². The Bertz CT molecular complexity index is 443. The van der Waals surface area contributed by atoms with Crippen LogP contribution in [0, 0.1) is 0 Å². The molecule has 0 aliphatic carbocycles. The standard InChI is InChI=1S/C17H28N4/c1-15-12-17(13-18,14-19(15)2)21-10-8-20(9-11-21)16-6-4-3-5-7-16/h3-7,15H,8-14,18H2,1-2H3. The third kappa shape index (κ3) is 2.80. The zero-order valence-electron chi connectivity index (χ0n) is 13.3. The first-order valence-corrected chi connectivity index (χ1v) is 8.10. The largest absolute Gasteiger partial charge is 0.369 e. The van der Waals surface area contributed by atoms with Gasteiger partial charge in [-0.2, -0.15) is 0 Å². The van der Waals surface area contributed by atoms with E-state index in [1.807, 2.05) is 0 Å². The lowest BCUT2D eigenvalue weighted by Crippen LogP contribution is -2.61. The van der Waals surface area contributed by atoms with Gasteiger partial charge in [0.25, 0.3) is 0 Å². The molecule has 2 N–H and O–H groups in total. The minimum Gasteiger partial charge on any atom is -0.369 e. The van der Waals surface area contributed by atoms with Crippen molar-refractivity contribution in [3.63, 3.8) is 0 Å². The van der Waals surface area contributed by atoms with E-state index in [-0.39, 0.29) is 5.54 Å². The molecule has 2 atom stereocenters. The topological polar surface area (TPSA) is 35.7 Å². The lowest BCUT2D eigenvalue weighted by Gasteiger charge is -2.46. The summed E-state index contributed by atoms with van der Waals surface area (Å²) < 4.78 is 0. The molecular formula is C17H28N4. The van der Waals surface area contributed by atoms with Crippen LogP contribution in [-0.4, -0.2) is 67.7 Å². The van der Waals surface area contributed by atoms with Gasteiger partial charge in [0, 0.05) is 56.5 Å². The highest BCUT2D eigenvalue weighted by Crippen LogP contribution is 2.32. The molecule has 4 nitrogen and oxygen atoms in total. The molecule has 0 saturated carbocycles. The van der Waals surface area contributed by atoms with E-state index < -0.39 is 0 Å². The highest BCUT2D eigenvalue weighted by Gasteiger charge is 2.44. The van der Waals surface area contributed by atoms with Crippen LogP contribution in [-0.2, 0) is 0 Å². The maximum atomic E-state index is 6.19. The highest BCUT2D eigenvalue weighted by molar-refractivity contribution is 5.46. The number of likely N-dealkylation sites (tertiary alicyclic amines) is 1. The van der Waals surface area contributed by atoms with Crippen LogP contribution in [0.4, 0.5) is 5.69 Å². The maximum Gasteiger partial charge on any atom is 0.0474 e. The molecule has 0 spiro atoms. The van der Waals surface area contributed by atoms with E-state index in [1.54, 1.807) is 0 Å². The second-order valence-electron chi connectivity index (χ2n) is 6.71. The molecule has 21 heavy (non-hydrogen) atoms. The van der Waals surface area contributed by atoms with Gasteiger partial charge < -0.3 is 15.5 Å². The minimum atomic E-state index is 0.191. The molecule has 3 rings (SSSR count). The van der Waals surface area contributed by atoms with Crippen molar-refractivity contribution in [1.82, 2.24) is 9.80 Å². The summed E-state index contributed by atoms with van der Waals surface area (Å²) in [5.74, 6) is 0. The highest BCUT2D eigenvalue weighted by atomic mass is 15.3. The zero-order chi connectivity index (χ0) is 14.9. The van der Waals surface area contributed by atoms with E-state index in [0.29, 0.717) is 6.04 Å². The Morgan fingerprint density at radius 1 is 1.14 bits per heavy atom. The van der Waals surface area contributed by atoms with Crippen LogP contribution in [0.3, 0.4) is 0 Å². The number of piperazine rings is 1. The number of hydrogen-bond acceptors (Lipinski definition) is 4. The predicted molar refractivity (Wildman–Crippen MR) is 88.7 cm³/mol. The smallest absolute Gasteiger partial charge is 0.0474 e. The van der Waals surface area contributed by atoms with Crippen LogP contribution in [0.25, 0.3) is 0 Å². The monoisotopic (exact) mass is 288 g/mol. The first-order chi connectivity index (χ1) is 10.1. The predicted octanol–water partition coefficient (Wildman–Crippen LogP) is 1.23. The second kappa shape index (κ2) is 5.95. The summed E-state index contributed by atoms with van der Waals surface area (Å²) in [5, 5.41) is 0. The van der Waals surface area contributed by atoms with Crippen LogP contribution < -0.4 is 10.6 Å². The molecule has 116 valence electrons. The van der Waals surface area contributed by atoms with Crippen molar-refractivity contribution in [2.24, 2.45) is 5.73 Å². The van der Waals surface area contributed by atoms with Crippen molar-refractivity contribution >= 4 is 5.69 Å². The third-order valence-corrected chi connectivity index (χ3v) is 5.42. The van der Waals surface area contributed by atoms with E-state index in [4.69, 9.17) is 5.73 Å². The van der Waals surface area contributed by atoms with E-state index in [1.165, 1.54) is 12.1 Å². The Kier molecular flexibility index (Phi) is 4.20. The van der Waals surface area contributed by atoms with Crippen molar-refractivity contribution in [3.05, 3.63) is 30.3 Å². The summed E-state index contributed by atoms with van der Waals surface area (Å²) in [6.45, 7) is 8.63. The van der Waals surface area contributed by atoms with Gasteiger partial charge in [0.1, 0.15) is 0 Å². The quantitative estimate of drug-likeness (QED) is 0.907. The van der Waals surface area contributed by atoms with Crippen molar-refractivity contribution in [3.8, 4) is 0 Å². The fourth-order valence-electron chi connectivity index (χ4n) is 3.97. The first kappa shape index (κ1) is 14.8. The van der Waals surface area contributed by atoms with Gasteiger partial charge in [0.05, 0.1) is 0 Å². The van der Waals surface area contributed by atoms with Gasteiger partial charge in [-0.1, -0.05) is 18.2 Å². The van der Waals surface area contributed by atoms with Crippen LogP contribution in [0.15, 0.2) is 30.3 Å². The van der Waals surface area contributed by atoms with Gasteiger partial charge in [-0.15, -0.1) is 0 Å². The van der Waals surface area contributed by atoms with Crippen molar-refractivity contribution < 1.29 is 0 Å².